The predicted octanol–water partition coefficient (Wildman–Crippen LogP) is 6.23. The summed E-state index contributed by atoms with van der Waals surface area (Å²) in [5, 5.41) is 0. The van der Waals surface area contributed by atoms with Gasteiger partial charge in [0.05, 0.1) is 159 Å². The molecule has 12 heterocycles. The highest BCUT2D eigenvalue weighted by atomic mass is 16.8. The molecule has 0 aromatic heterocycles. The van der Waals surface area contributed by atoms with Gasteiger partial charge in [-0.05, 0) is 17.8 Å². The van der Waals surface area contributed by atoms with Gasteiger partial charge in [0.1, 0.15) is 73.2 Å². The van der Waals surface area contributed by atoms with E-state index < -0.39 is 0 Å². The Morgan fingerprint density at radius 1 is 0.225 bits per heavy atom. The van der Waals surface area contributed by atoms with Crippen molar-refractivity contribution in [2.45, 2.75) is 270 Å². The van der Waals surface area contributed by atoms with E-state index in [9.17, 15) is 0 Å². The summed E-state index contributed by atoms with van der Waals surface area (Å²) >= 11 is 0. The van der Waals surface area contributed by atoms with E-state index in [4.69, 9.17) is 142 Å². The number of rotatable bonds is 36. The molecule has 18 atom stereocenters. The molecule has 0 amide bonds. The van der Waals surface area contributed by atoms with Crippen LogP contribution in [0, 0.1) is 35.5 Å². The minimum atomic E-state index is -0.379. The van der Waals surface area contributed by atoms with Crippen LogP contribution in [0.5, 0.6) is 0 Å². The Kier molecular flexibility index (Phi) is 35.9. The molecule has 12 fully saturated rings. The zero-order valence-corrected chi connectivity index (χ0v) is 62.8. The number of hydrogen-bond acceptors (Lipinski definition) is 30. The van der Waals surface area contributed by atoms with Gasteiger partial charge in [0.2, 0.25) is 0 Å². The van der Waals surface area contributed by atoms with E-state index >= 15 is 0 Å². The van der Waals surface area contributed by atoms with Crippen LogP contribution in [0.3, 0.4) is 0 Å². The van der Waals surface area contributed by atoms with Crippen LogP contribution in [-0.2, 0) is 142 Å². The van der Waals surface area contributed by atoms with Crippen molar-refractivity contribution in [1.82, 2.24) is 0 Å². The van der Waals surface area contributed by atoms with Crippen LogP contribution >= 0.6 is 0 Å². The molecule has 0 aromatic carbocycles. The molecular formula is C72H126O30. The first-order chi connectivity index (χ1) is 49.3. The molecule has 0 spiro atoms. The minimum absolute atomic E-state index is 0.0225. The van der Waals surface area contributed by atoms with Crippen LogP contribution < -0.4 is 0 Å². The van der Waals surface area contributed by atoms with Gasteiger partial charge in [0.25, 0.3) is 0 Å². The quantitative estimate of drug-likeness (QED) is 0.0672. The van der Waals surface area contributed by atoms with Crippen LogP contribution in [0.4, 0.5) is 0 Å². The molecule has 0 radical (unpaired) electrons. The second kappa shape index (κ2) is 44.0. The van der Waals surface area contributed by atoms with Gasteiger partial charge in [-0.15, -0.1) is 0 Å². The van der Waals surface area contributed by atoms with Crippen molar-refractivity contribution in [3.8, 4) is 0 Å². The lowest BCUT2D eigenvalue weighted by atomic mass is 10.1. The van der Waals surface area contributed by atoms with Crippen molar-refractivity contribution < 1.29 is 142 Å². The van der Waals surface area contributed by atoms with Crippen molar-refractivity contribution in [2.75, 3.05) is 159 Å². The second-order valence-electron chi connectivity index (χ2n) is 30.6. The van der Waals surface area contributed by atoms with Crippen LogP contribution in [-0.4, -0.2) is 307 Å². The molecule has 0 saturated carbocycles. The third-order valence-corrected chi connectivity index (χ3v) is 18.1. The summed E-state index contributed by atoms with van der Waals surface area (Å²) in [6.07, 6.45) is 0.256. The highest BCUT2D eigenvalue weighted by Crippen LogP contribution is 2.30. The third-order valence-electron chi connectivity index (χ3n) is 18.1. The minimum Gasteiger partial charge on any atom is -0.376 e. The third kappa shape index (κ3) is 29.6. The maximum atomic E-state index is 6.03. The van der Waals surface area contributed by atoms with Crippen LogP contribution in [0.25, 0.3) is 0 Å². The molecule has 18 unspecified atom stereocenters. The van der Waals surface area contributed by atoms with Crippen molar-refractivity contribution in [3.05, 3.63) is 0 Å². The average molecular weight is 1470 g/mol. The molecule has 0 bridgehead atoms. The topological polar surface area (TPSA) is 277 Å². The molecule has 30 heteroatoms. The smallest absolute Gasteiger partial charge is 0.163 e. The molecule has 12 saturated heterocycles. The predicted molar refractivity (Wildman–Crippen MR) is 357 cm³/mol. The number of hydrogen-bond donors (Lipinski definition) is 0. The Morgan fingerprint density at radius 3 is 0.745 bits per heavy atom. The molecule has 12 aliphatic heterocycles. The first-order valence-corrected chi connectivity index (χ1v) is 38.0. The van der Waals surface area contributed by atoms with E-state index in [1.54, 1.807) is 0 Å². The molecule has 30 nitrogen and oxygen atoms in total. The van der Waals surface area contributed by atoms with Crippen molar-refractivity contribution in [2.24, 2.45) is 35.5 Å². The molecule has 12 aliphatic rings. The SMILES string of the molecule is CC(C)CC1OCC(COC2COC(CC3OCC(COCC4COC(C(C)C)O4)O3)OC2)O1.CC(C)CC1OCC(COCC2COC(CC3OCC(COCC4COC(C(C)C)O4)O3)O2)O1.CC(C)CC1OCC(OC2COC(CC3OCC(COCC4COC(C(C)C)O4)O3)OC2)CO1. The fourth-order valence-electron chi connectivity index (χ4n) is 12.7. The van der Waals surface area contributed by atoms with E-state index in [0.717, 1.165) is 19.3 Å². The largest absolute Gasteiger partial charge is 0.376 e. The Hall–Kier alpha value is -1.20. The Balaban J connectivity index is 0.000000165. The lowest BCUT2D eigenvalue weighted by molar-refractivity contribution is -0.279. The average Bonchev–Trinajstić information content (AvgIpc) is 1.71. The summed E-state index contributed by atoms with van der Waals surface area (Å²) in [5.41, 5.74) is 0. The van der Waals surface area contributed by atoms with Crippen molar-refractivity contribution >= 4 is 0 Å². The van der Waals surface area contributed by atoms with Crippen molar-refractivity contribution in [1.29, 1.82) is 0 Å². The summed E-state index contributed by atoms with van der Waals surface area (Å²) < 4.78 is 174. The fourth-order valence-corrected chi connectivity index (χ4v) is 12.7. The number of ether oxygens (including phenoxy) is 30. The molecule has 102 heavy (non-hydrogen) atoms. The van der Waals surface area contributed by atoms with Gasteiger partial charge >= 0.3 is 0 Å². The molecule has 0 aliphatic carbocycles. The van der Waals surface area contributed by atoms with Gasteiger partial charge in [0, 0.05) is 56.3 Å². The summed E-state index contributed by atoms with van der Waals surface area (Å²) in [4.78, 5) is 0. The summed E-state index contributed by atoms with van der Waals surface area (Å²) in [6.45, 7) is 37.3. The zero-order valence-electron chi connectivity index (χ0n) is 62.8. The molecule has 0 N–H and O–H groups in total. The maximum absolute atomic E-state index is 6.03. The summed E-state index contributed by atoms with van der Waals surface area (Å²) in [6, 6.07) is 0. The van der Waals surface area contributed by atoms with E-state index in [-0.39, 0.29) is 149 Å². The monoisotopic (exact) mass is 1470 g/mol. The van der Waals surface area contributed by atoms with Crippen molar-refractivity contribution in [3.63, 3.8) is 0 Å². The highest BCUT2D eigenvalue weighted by Gasteiger charge is 2.40. The van der Waals surface area contributed by atoms with E-state index in [1.807, 2.05) is 0 Å². The maximum Gasteiger partial charge on any atom is 0.163 e. The molecule has 594 valence electrons. The van der Waals surface area contributed by atoms with Gasteiger partial charge in [0.15, 0.2) is 75.5 Å². The Morgan fingerprint density at radius 2 is 0.451 bits per heavy atom. The summed E-state index contributed by atoms with van der Waals surface area (Å²) in [5.74, 6) is 2.62. The van der Waals surface area contributed by atoms with Crippen LogP contribution in [0.2, 0.25) is 0 Å². The van der Waals surface area contributed by atoms with E-state index in [1.165, 1.54) is 0 Å². The van der Waals surface area contributed by atoms with Crippen LogP contribution in [0.15, 0.2) is 0 Å². The molecular weight excluding hydrogens is 1340 g/mol. The molecule has 0 aromatic rings. The lowest BCUT2D eigenvalue weighted by Gasteiger charge is -2.35. The van der Waals surface area contributed by atoms with Gasteiger partial charge in [-0.2, -0.15) is 0 Å². The Labute approximate surface area is 604 Å². The van der Waals surface area contributed by atoms with Crippen LogP contribution in [0.1, 0.15) is 122 Å². The second-order valence-corrected chi connectivity index (χ2v) is 30.6. The van der Waals surface area contributed by atoms with Gasteiger partial charge in [-0.25, -0.2) is 0 Å². The lowest BCUT2D eigenvalue weighted by Crippen LogP contribution is -2.45. The Bertz CT molecular complexity index is 2160. The van der Waals surface area contributed by atoms with E-state index in [0.29, 0.717) is 213 Å². The first kappa shape index (κ1) is 83.3. The highest BCUT2D eigenvalue weighted by molar-refractivity contribution is 4.78. The normalized spacial score (nSPS) is 39.0. The summed E-state index contributed by atoms with van der Waals surface area (Å²) in [7, 11) is 0. The standard InChI is InChI=1S/3C24H42O10/c1-15(2)5-22-29-13-20(33-22)11-26-17-9-27-21(28-10-17)6-23-30-12-18(32-23)7-25-8-19-14-31-24(34-19)16(3)4;1-15(2)5-21-27-11-17(31-21)7-25-8-18-12-28-22(32-18)6-23-29-13-19(33-23)9-26-10-20-14-30-24(34-20)16(3)4;1-15(2)5-21-26-10-19(11-27-21)32-20-12-28-22(29-13-20)6-23-30-9-17(33-23)7-25-8-18-14-31-24(34-18)16(3)4/h3*15-24H,5-14H2,1-4H3. The van der Waals surface area contributed by atoms with Gasteiger partial charge in [-0.3, -0.25) is 0 Å². The molecule has 12 rings (SSSR count). The first-order valence-electron chi connectivity index (χ1n) is 38.0. The zero-order chi connectivity index (χ0) is 71.7. The van der Waals surface area contributed by atoms with Gasteiger partial charge in [-0.1, -0.05) is 83.1 Å². The van der Waals surface area contributed by atoms with Gasteiger partial charge < -0.3 is 142 Å². The van der Waals surface area contributed by atoms with E-state index in [2.05, 4.69) is 83.1 Å². The fraction of sp³-hybridized carbons (Fsp3) is 1.00.